The molecule has 2 aromatic rings. The second kappa shape index (κ2) is 7.26. The fourth-order valence-corrected chi connectivity index (χ4v) is 5.49. The Bertz CT molecular complexity index is 807. The number of nitrogens with one attached hydrogen (secondary N) is 1. The first-order valence-corrected chi connectivity index (χ1v) is 10.2. The average Bonchev–Trinajstić information content (AvgIpc) is 2.87. The Morgan fingerprint density at radius 1 is 1.21 bits per heavy atom. The van der Waals surface area contributed by atoms with Crippen LogP contribution in [0.3, 0.4) is 0 Å². The lowest BCUT2D eigenvalue weighted by atomic mass is 10.1. The maximum absolute atomic E-state index is 11.2. The van der Waals surface area contributed by atoms with Crippen molar-refractivity contribution in [2.75, 3.05) is 25.1 Å². The number of nitrogens with two attached hydrogens (primary N) is 2. The zero-order chi connectivity index (χ0) is 17.3. The summed E-state index contributed by atoms with van der Waals surface area (Å²) in [7, 11) is 2.18. The van der Waals surface area contributed by atoms with Crippen LogP contribution >= 0.6 is 34.9 Å². The number of hydrogen-bond donors (Lipinski definition) is 3. The van der Waals surface area contributed by atoms with E-state index in [1.54, 1.807) is 11.3 Å². The van der Waals surface area contributed by atoms with E-state index < -0.39 is 5.91 Å². The lowest BCUT2D eigenvalue weighted by Gasteiger charge is -2.19. The number of hydrogen-bond acceptors (Lipinski definition) is 7. The van der Waals surface area contributed by atoms with E-state index in [1.165, 1.54) is 38.9 Å². The molecule has 0 saturated carbocycles. The van der Waals surface area contributed by atoms with Crippen molar-refractivity contribution in [2.24, 2.45) is 11.5 Å². The van der Waals surface area contributed by atoms with Crippen LogP contribution in [0.2, 0.25) is 0 Å². The smallest absolute Gasteiger partial charge is 0.227 e. The number of likely N-dealkylation sites (N-methyl/N-ethyl adjacent to an activating group) is 1. The predicted octanol–water partition coefficient (Wildman–Crippen LogP) is -0.583. The van der Waals surface area contributed by atoms with E-state index in [-0.39, 0.29) is 17.4 Å². The van der Waals surface area contributed by atoms with Crippen molar-refractivity contribution in [3.63, 3.8) is 0 Å². The number of amides is 2. The van der Waals surface area contributed by atoms with E-state index in [4.69, 9.17) is 11.5 Å². The van der Waals surface area contributed by atoms with Gasteiger partial charge >= 0.3 is 0 Å². The second-order valence-corrected chi connectivity index (χ2v) is 8.63. The van der Waals surface area contributed by atoms with Gasteiger partial charge in [0.05, 0.1) is 30.0 Å². The standard InChI is InChI=1S/C14H17N5O2S3/c1-19-3-2-7-8(4-19)24-13-11(7)12(22-5-9(15)20)17-14(18-13)23-6-10(16)21/h2-6H2,1H3,(H2,15,20)(H2,16,21)/p+1. The number of primary amides is 2. The van der Waals surface area contributed by atoms with Crippen molar-refractivity contribution in [2.45, 2.75) is 23.1 Å². The van der Waals surface area contributed by atoms with Gasteiger partial charge in [-0.3, -0.25) is 9.59 Å². The number of thioether (sulfide) groups is 2. The minimum atomic E-state index is -0.411. The molecule has 24 heavy (non-hydrogen) atoms. The third kappa shape index (κ3) is 3.82. The van der Waals surface area contributed by atoms with Crippen LogP contribution in [0.15, 0.2) is 10.2 Å². The number of fused-ring (bicyclic) bond motifs is 3. The highest BCUT2D eigenvalue weighted by Gasteiger charge is 2.25. The first-order valence-electron chi connectivity index (χ1n) is 7.40. The molecular formula is C14H18N5O2S3+. The van der Waals surface area contributed by atoms with Crippen molar-refractivity contribution in [1.29, 1.82) is 0 Å². The molecule has 0 radical (unpaired) electrons. The number of quaternary nitrogens is 1. The van der Waals surface area contributed by atoms with Gasteiger partial charge in [-0.2, -0.15) is 0 Å². The van der Waals surface area contributed by atoms with Gasteiger partial charge in [-0.05, 0) is 5.56 Å². The number of nitrogens with zero attached hydrogens (tertiary/aromatic N) is 2. The van der Waals surface area contributed by atoms with E-state index in [1.807, 2.05) is 0 Å². The number of carbonyl (C=O) groups is 2. The number of aromatic nitrogens is 2. The van der Waals surface area contributed by atoms with Crippen LogP contribution in [0.4, 0.5) is 0 Å². The normalized spacial score (nSPS) is 17.0. The maximum atomic E-state index is 11.2. The molecule has 3 rings (SSSR count). The van der Waals surface area contributed by atoms with Gasteiger partial charge in [-0.15, -0.1) is 11.3 Å². The Balaban J connectivity index is 2.04. The molecule has 0 fully saturated rings. The van der Waals surface area contributed by atoms with Gasteiger partial charge in [0.1, 0.15) is 16.4 Å². The van der Waals surface area contributed by atoms with Gasteiger partial charge in [-0.1, -0.05) is 23.5 Å². The molecule has 0 aliphatic carbocycles. The van der Waals surface area contributed by atoms with E-state index in [2.05, 4.69) is 17.0 Å². The van der Waals surface area contributed by atoms with Crippen LogP contribution < -0.4 is 16.4 Å². The zero-order valence-corrected chi connectivity index (χ0v) is 15.6. The number of rotatable bonds is 6. The van der Waals surface area contributed by atoms with Gasteiger partial charge in [0.15, 0.2) is 5.16 Å². The molecule has 2 aromatic heterocycles. The Hall–Kier alpha value is -1.36. The number of thiophene rings is 1. The first-order chi connectivity index (χ1) is 11.4. The summed E-state index contributed by atoms with van der Waals surface area (Å²) in [4.78, 5) is 35.0. The maximum Gasteiger partial charge on any atom is 0.227 e. The molecule has 2 amide bonds. The highest BCUT2D eigenvalue weighted by Crippen LogP contribution is 2.38. The molecule has 128 valence electrons. The summed E-state index contributed by atoms with van der Waals surface area (Å²) in [6, 6.07) is 0. The summed E-state index contributed by atoms with van der Waals surface area (Å²) in [6.07, 6.45) is 0.975. The molecular weight excluding hydrogens is 366 g/mol. The van der Waals surface area contributed by atoms with Crippen LogP contribution in [-0.2, 0) is 22.6 Å². The molecule has 1 aliphatic rings. The van der Waals surface area contributed by atoms with E-state index in [0.717, 1.165) is 34.8 Å². The van der Waals surface area contributed by atoms with E-state index in [0.29, 0.717) is 5.16 Å². The van der Waals surface area contributed by atoms with Crippen LogP contribution in [0.5, 0.6) is 0 Å². The van der Waals surface area contributed by atoms with Gasteiger partial charge in [0, 0.05) is 11.8 Å². The molecule has 5 N–H and O–H groups in total. The molecule has 1 unspecified atom stereocenters. The van der Waals surface area contributed by atoms with Crippen molar-refractivity contribution in [3.05, 3.63) is 10.4 Å². The third-order valence-corrected chi connectivity index (χ3v) is 6.63. The Morgan fingerprint density at radius 2 is 1.92 bits per heavy atom. The van der Waals surface area contributed by atoms with Crippen LogP contribution in [0, 0.1) is 0 Å². The predicted molar refractivity (Wildman–Crippen MR) is 96.4 cm³/mol. The molecule has 7 nitrogen and oxygen atoms in total. The Kier molecular flexibility index (Phi) is 5.28. The molecule has 0 spiro atoms. The summed E-state index contributed by atoms with van der Waals surface area (Å²) in [6.45, 7) is 2.04. The molecule has 1 aliphatic heterocycles. The molecule has 10 heteroatoms. The van der Waals surface area contributed by atoms with Crippen LogP contribution in [0.1, 0.15) is 10.4 Å². The highest BCUT2D eigenvalue weighted by atomic mass is 32.2. The Labute approximate surface area is 151 Å². The number of carbonyl (C=O) groups excluding carboxylic acids is 2. The average molecular weight is 385 g/mol. The molecule has 0 aromatic carbocycles. The zero-order valence-electron chi connectivity index (χ0n) is 13.1. The Morgan fingerprint density at radius 3 is 2.62 bits per heavy atom. The quantitative estimate of drug-likeness (QED) is 0.348. The fraction of sp³-hybridized carbons (Fsp3) is 0.429. The highest BCUT2D eigenvalue weighted by molar-refractivity contribution is 8.00. The van der Waals surface area contributed by atoms with Gasteiger partial charge in [0.2, 0.25) is 11.8 Å². The monoisotopic (exact) mass is 384 g/mol. The molecule has 0 saturated heterocycles. The summed E-state index contributed by atoms with van der Waals surface area (Å²) in [5.74, 6) is -0.497. The third-order valence-electron chi connectivity index (χ3n) is 3.64. The minimum Gasteiger partial charge on any atom is -0.369 e. The van der Waals surface area contributed by atoms with Crippen LogP contribution in [0.25, 0.3) is 10.2 Å². The summed E-state index contributed by atoms with van der Waals surface area (Å²) in [5, 5.41) is 2.31. The van der Waals surface area contributed by atoms with Gasteiger partial charge in [0.25, 0.3) is 0 Å². The van der Waals surface area contributed by atoms with Crippen molar-refractivity contribution in [3.8, 4) is 0 Å². The molecule has 0 bridgehead atoms. The summed E-state index contributed by atoms with van der Waals surface area (Å²) >= 11 is 4.21. The fourth-order valence-electron chi connectivity index (χ4n) is 2.60. The van der Waals surface area contributed by atoms with Gasteiger partial charge < -0.3 is 16.4 Å². The second-order valence-electron chi connectivity index (χ2n) is 5.64. The minimum absolute atomic E-state index is 0.128. The first kappa shape index (κ1) is 17.5. The lowest BCUT2D eigenvalue weighted by molar-refractivity contribution is -0.895. The summed E-state index contributed by atoms with van der Waals surface area (Å²) < 4.78 is 0. The van der Waals surface area contributed by atoms with E-state index in [9.17, 15) is 9.59 Å². The SMILES string of the molecule is C[NH+]1CCc2c(sc3nc(SCC(N)=O)nc(SCC(N)=O)c23)C1. The largest absolute Gasteiger partial charge is 0.369 e. The van der Waals surface area contributed by atoms with Crippen LogP contribution in [-0.4, -0.2) is 46.9 Å². The van der Waals surface area contributed by atoms with E-state index >= 15 is 0 Å². The topological polar surface area (TPSA) is 116 Å². The van der Waals surface area contributed by atoms with Crippen molar-refractivity contribution < 1.29 is 14.5 Å². The van der Waals surface area contributed by atoms with Crippen molar-refractivity contribution in [1.82, 2.24) is 9.97 Å². The lowest BCUT2D eigenvalue weighted by Crippen LogP contribution is -3.08. The summed E-state index contributed by atoms with van der Waals surface area (Å²) in [5.41, 5.74) is 11.8. The molecule has 1 atom stereocenters. The van der Waals surface area contributed by atoms with Gasteiger partial charge in [-0.25, -0.2) is 9.97 Å². The molecule has 3 heterocycles. The van der Waals surface area contributed by atoms with Crippen molar-refractivity contribution >= 4 is 56.9 Å².